The summed E-state index contributed by atoms with van der Waals surface area (Å²) in [5, 5.41) is 0. The van der Waals surface area contributed by atoms with Crippen molar-refractivity contribution in [1.29, 1.82) is 0 Å². The van der Waals surface area contributed by atoms with Crippen molar-refractivity contribution in [3.63, 3.8) is 0 Å². The number of benzene rings is 1. The molecular weight excluding hydrogens is 501 g/mol. The topological polar surface area (TPSA) is 97.1 Å². The largest absolute Gasteiger partial charge is 0.487 e. The fourth-order valence-corrected chi connectivity index (χ4v) is 4.02. The van der Waals surface area contributed by atoms with E-state index in [0.717, 1.165) is 30.3 Å². The summed E-state index contributed by atoms with van der Waals surface area (Å²) < 4.78 is 57.6. The number of halogens is 3. The van der Waals surface area contributed by atoms with E-state index in [0.29, 0.717) is 41.1 Å². The van der Waals surface area contributed by atoms with Crippen LogP contribution in [0.1, 0.15) is 42.6 Å². The van der Waals surface area contributed by atoms with Crippen molar-refractivity contribution in [1.82, 2.24) is 29.5 Å². The number of imidazole rings is 1. The molecule has 0 aliphatic heterocycles. The Morgan fingerprint density at radius 2 is 1.76 bits per heavy atom. The molecule has 0 bridgehead atoms. The first-order valence-electron chi connectivity index (χ1n) is 12.0. The highest BCUT2D eigenvalue weighted by molar-refractivity contribution is 5.66. The van der Waals surface area contributed by atoms with Gasteiger partial charge >= 0.3 is 6.18 Å². The van der Waals surface area contributed by atoms with Crippen molar-refractivity contribution in [2.24, 2.45) is 7.05 Å². The Hall–Kier alpha value is -4.22. The molecule has 38 heavy (non-hydrogen) atoms. The molecule has 0 atom stereocenters. The Bertz CT molecular complexity index is 1440. The van der Waals surface area contributed by atoms with E-state index in [1.54, 1.807) is 30.5 Å². The van der Waals surface area contributed by atoms with Crippen LogP contribution in [0.15, 0.2) is 43.0 Å². The van der Waals surface area contributed by atoms with Crippen LogP contribution in [0, 0.1) is 0 Å². The normalized spacial score (nSPS) is 13.4. The number of aryl methyl sites for hydroxylation is 1. The molecule has 3 heterocycles. The average Bonchev–Trinajstić information content (AvgIpc) is 3.68. The molecule has 1 saturated carbocycles. The molecule has 0 N–H and O–H groups in total. The molecule has 5 rings (SSSR count). The van der Waals surface area contributed by atoms with Crippen molar-refractivity contribution in [2.45, 2.75) is 38.5 Å². The minimum absolute atomic E-state index is 0.142. The summed E-state index contributed by atoms with van der Waals surface area (Å²) in [5.41, 5.74) is 1.86. The maximum atomic E-state index is 13.0. The van der Waals surface area contributed by atoms with Gasteiger partial charge in [-0.25, -0.2) is 19.9 Å². The number of alkyl halides is 3. The van der Waals surface area contributed by atoms with E-state index >= 15 is 0 Å². The van der Waals surface area contributed by atoms with Gasteiger partial charge in [0.1, 0.15) is 24.3 Å². The molecule has 1 aliphatic carbocycles. The number of ether oxygens (including phenoxy) is 3. The van der Waals surface area contributed by atoms with Gasteiger partial charge < -0.3 is 18.8 Å². The third kappa shape index (κ3) is 5.24. The second kappa shape index (κ2) is 10.3. The molecular formula is C26H25F3N6O3. The Morgan fingerprint density at radius 1 is 1.00 bits per heavy atom. The highest BCUT2D eigenvalue weighted by Crippen LogP contribution is 2.45. The zero-order valence-electron chi connectivity index (χ0n) is 21.0. The van der Waals surface area contributed by atoms with Crippen LogP contribution in [-0.4, -0.2) is 43.2 Å². The molecule has 9 nitrogen and oxygen atoms in total. The third-order valence-electron chi connectivity index (χ3n) is 6.00. The Balaban J connectivity index is 1.39. The fraction of sp³-hybridized carbons (Fsp3) is 0.346. The van der Waals surface area contributed by atoms with Gasteiger partial charge in [-0.3, -0.25) is 0 Å². The molecule has 3 aromatic heterocycles. The lowest BCUT2D eigenvalue weighted by Gasteiger charge is -2.14. The maximum Gasteiger partial charge on any atom is 0.434 e. The van der Waals surface area contributed by atoms with E-state index in [2.05, 4.69) is 24.9 Å². The van der Waals surface area contributed by atoms with Gasteiger partial charge in [0.2, 0.25) is 5.88 Å². The standard InChI is InChI=1S/C26H25F3N6O3/c1-4-37-18-11-30-22(20-21(16-9-10-16)31-14-32-25(20)36-3)34-24(18)38-13-15-5-7-17(8-6-15)23-33-19(12-35(23)2)26(27,28)29/h5-8,11-12,14,16H,4,9-10,13H2,1-3H3. The Kier molecular flexibility index (Phi) is 6.87. The van der Waals surface area contributed by atoms with Gasteiger partial charge in [-0.2, -0.15) is 18.2 Å². The van der Waals surface area contributed by atoms with E-state index in [-0.39, 0.29) is 18.3 Å². The van der Waals surface area contributed by atoms with E-state index in [1.807, 2.05) is 6.92 Å². The Labute approximate surface area is 216 Å². The van der Waals surface area contributed by atoms with Crippen molar-refractivity contribution in [3.8, 4) is 40.3 Å². The van der Waals surface area contributed by atoms with Crippen LogP contribution in [0.2, 0.25) is 0 Å². The zero-order chi connectivity index (χ0) is 26.9. The third-order valence-corrected chi connectivity index (χ3v) is 6.00. The highest BCUT2D eigenvalue weighted by atomic mass is 19.4. The molecule has 12 heteroatoms. The van der Waals surface area contributed by atoms with Crippen LogP contribution in [0.5, 0.6) is 17.5 Å². The molecule has 1 aromatic carbocycles. The lowest BCUT2D eigenvalue weighted by molar-refractivity contribution is -0.140. The molecule has 0 radical (unpaired) electrons. The van der Waals surface area contributed by atoms with Crippen LogP contribution >= 0.6 is 0 Å². The fourth-order valence-electron chi connectivity index (χ4n) is 4.02. The first-order valence-corrected chi connectivity index (χ1v) is 12.0. The van der Waals surface area contributed by atoms with Crippen molar-refractivity contribution >= 4 is 0 Å². The summed E-state index contributed by atoms with van der Waals surface area (Å²) in [6.45, 7) is 2.38. The summed E-state index contributed by atoms with van der Waals surface area (Å²) in [5.74, 6) is 1.90. The van der Waals surface area contributed by atoms with Gasteiger partial charge in [-0.15, -0.1) is 0 Å². The van der Waals surface area contributed by atoms with Crippen LogP contribution < -0.4 is 14.2 Å². The van der Waals surface area contributed by atoms with Crippen molar-refractivity contribution < 1.29 is 27.4 Å². The summed E-state index contributed by atoms with van der Waals surface area (Å²) in [7, 11) is 3.06. The predicted molar refractivity (Wildman–Crippen MR) is 131 cm³/mol. The van der Waals surface area contributed by atoms with Crippen LogP contribution in [0.4, 0.5) is 13.2 Å². The molecule has 0 spiro atoms. The predicted octanol–water partition coefficient (Wildman–Crippen LogP) is 5.22. The first-order chi connectivity index (χ1) is 18.3. The second-order valence-electron chi connectivity index (χ2n) is 8.76. The number of nitrogens with zero attached hydrogens (tertiary/aromatic N) is 6. The molecule has 1 fully saturated rings. The molecule has 0 saturated heterocycles. The van der Waals surface area contributed by atoms with Gasteiger partial charge in [0, 0.05) is 24.7 Å². The quantitative estimate of drug-likeness (QED) is 0.293. The number of aromatic nitrogens is 6. The lowest BCUT2D eigenvalue weighted by atomic mass is 10.1. The van der Waals surface area contributed by atoms with Gasteiger partial charge in [0.25, 0.3) is 5.88 Å². The van der Waals surface area contributed by atoms with E-state index in [9.17, 15) is 13.2 Å². The highest BCUT2D eigenvalue weighted by Gasteiger charge is 2.34. The molecule has 0 unspecified atom stereocenters. The summed E-state index contributed by atoms with van der Waals surface area (Å²) in [6, 6.07) is 6.92. The SMILES string of the molecule is CCOc1cnc(-c2c(OC)ncnc2C2CC2)nc1OCc1ccc(-c2nc(C(F)(F)F)cn2C)cc1. The van der Waals surface area contributed by atoms with Crippen LogP contribution in [0.3, 0.4) is 0 Å². The van der Waals surface area contributed by atoms with Gasteiger partial charge in [-0.1, -0.05) is 24.3 Å². The second-order valence-corrected chi connectivity index (χ2v) is 8.76. The summed E-state index contributed by atoms with van der Waals surface area (Å²) in [4.78, 5) is 21.5. The molecule has 4 aromatic rings. The van der Waals surface area contributed by atoms with Crippen molar-refractivity contribution in [3.05, 3.63) is 59.9 Å². The van der Waals surface area contributed by atoms with Crippen LogP contribution in [0.25, 0.3) is 22.8 Å². The first kappa shape index (κ1) is 25.4. The van der Waals surface area contributed by atoms with Gasteiger partial charge in [-0.05, 0) is 25.3 Å². The zero-order valence-corrected chi connectivity index (χ0v) is 21.0. The monoisotopic (exact) mass is 526 g/mol. The van der Waals surface area contributed by atoms with E-state index in [1.165, 1.54) is 25.1 Å². The lowest BCUT2D eigenvalue weighted by Crippen LogP contribution is -2.06. The summed E-state index contributed by atoms with van der Waals surface area (Å²) >= 11 is 0. The van der Waals surface area contributed by atoms with E-state index in [4.69, 9.17) is 14.2 Å². The van der Waals surface area contributed by atoms with Gasteiger partial charge in [0.15, 0.2) is 17.3 Å². The van der Waals surface area contributed by atoms with Crippen LogP contribution in [-0.2, 0) is 19.8 Å². The minimum atomic E-state index is -4.51. The van der Waals surface area contributed by atoms with E-state index < -0.39 is 11.9 Å². The number of hydrogen-bond acceptors (Lipinski definition) is 8. The number of methoxy groups -OCH3 is 1. The molecule has 0 amide bonds. The smallest absolute Gasteiger partial charge is 0.434 e. The molecule has 198 valence electrons. The number of rotatable bonds is 9. The van der Waals surface area contributed by atoms with Crippen molar-refractivity contribution in [2.75, 3.05) is 13.7 Å². The van der Waals surface area contributed by atoms with Gasteiger partial charge in [0.05, 0.1) is 25.6 Å². The maximum absolute atomic E-state index is 13.0. The average molecular weight is 527 g/mol. The minimum Gasteiger partial charge on any atom is -0.487 e. The Morgan fingerprint density at radius 3 is 2.39 bits per heavy atom. The summed E-state index contributed by atoms with van der Waals surface area (Å²) in [6.07, 6.45) is 1.54. The molecule has 1 aliphatic rings. The number of hydrogen-bond donors (Lipinski definition) is 0.